The minimum Gasteiger partial charge on any atom is -0.496 e. The summed E-state index contributed by atoms with van der Waals surface area (Å²) in [5.74, 6) is -0.00934. The van der Waals surface area contributed by atoms with Crippen molar-refractivity contribution in [2.45, 2.75) is 38.1 Å². The van der Waals surface area contributed by atoms with Crippen molar-refractivity contribution < 1.29 is 14.3 Å². The topological polar surface area (TPSA) is 67.4 Å². The fraction of sp³-hybridized carbons (Fsp3) is 0.333. The normalized spacial score (nSPS) is 14.4. The lowest BCUT2D eigenvalue weighted by Gasteiger charge is -2.23. The number of anilines is 1. The molecule has 1 aliphatic rings. The lowest BCUT2D eigenvalue weighted by molar-refractivity contribution is 0.0928. The van der Waals surface area contributed by atoms with Gasteiger partial charge in [-0.15, -0.1) is 0 Å². The van der Waals surface area contributed by atoms with E-state index in [-0.39, 0.29) is 17.9 Å². The van der Waals surface area contributed by atoms with Gasteiger partial charge < -0.3 is 15.4 Å². The van der Waals surface area contributed by atoms with Crippen LogP contribution in [-0.2, 0) is 0 Å². The Morgan fingerprint density at radius 3 is 2.48 bits per heavy atom. The number of hydrogen-bond donors (Lipinski definition) is 2. The maximum atomic E-state index is 12.8. The van der Waals surface area contributed by atoms with Crippen LogP contribution in [0, 0.1) is 0 Å². The van der Waals surface area contributed by atoms with Crippen LogP contribution >= 0.6 is 15.9 Å². The van der Waals surface area contributed by atoms with Crippen LogP contribution in [0.25, 0.3) is 0 Å². The standard InChI is InChI=1S/C21H23BrN2O3/c1-27-19-12-11-14(22)13-17(19)21(26)24-18-10-6-5-9-16(18)20(25)23-15-7-3-2-4-8-15/h5-6,9-13,15H,2-4,7-8H2,1H3,(H,23,25)(H,24,26). The van der Waals surface area contributed by atoms with Crippen molar-refractivity contribution >= 4 is 33.4 Å². The Bertz CT molecular complexity index is 832. The van der Waals surface area contributed by atoms with Crippen molar-refractivity contribution in [3.05, 3.63) is 58.1 Å². The van der Waals surface area contributed by atoms with Crippen LogP contribution in [0.5, 0.6) is 5.75 Å². The molecule has 0 aromatic heterocycles. The number of ether oxygens (including phenoxy) is 1. The van der Waals surface area contributed by atoms with Crippen molar-refractivity contribution in [3.63, 3.8) is 0 Å². The molecule has 6 heteroatoms. The summed E-state index contributed by atoms with van der Waals surface area (Å²) >= 11 is 3.37. The van der Waals surface area contributed by atoms with Crippen molar-refractivity contribution in [1.82, 2.24) is 5.32 Å². The molecule has 1 saturated carbocycles. The summed E-state index contributed by atoms with van der Waals surface area (Å²) in [6, 6.07) is 12.5. The largest absolute Gasteiger partial charge is 0.496 e. The Morgan fingerprint density at radius 2 is 1.74 bits per heavy atom. The molecule has 27 heavy (non-hydrogen) atoms. The highest BCUT2D eigenvalue weighted by molar-refractivity contribution is 9.10. The monoisotopic (exact) mass is 430 g/mol. The molecule has 2 amide bonds. The van der Waals surface area contributed by atoms with Crippen LogP contribution in [-0.4, -0.2) is 25.0 Å². The number of nitrogens with one attached hydrogen (secondary N) is 2. The molecule has 0 aliphatic heterocycles. The first-order valence-electron chi connectivity index (χ1n) is 9.13. The Morgan fingerprint density at radius 1 is 1.00 bits per heavy atom. The number of halogens is 1. The van der Waals surface area contributed by atoms with Crippen LogP contribution in [0.3, 0.4) is 0 Å². The number of para-hydroxylation sites is 1. The van der Waals surface area contributed by atoms with E-state index in [4.69, 9.17) is 4.74 Å². The molecule has 1 fully saturated rings. The number of carbonyl (C=O) groups is 2. The number of benzene rings is 2. The number of carbonyl (C=O) groups excluding carboxylic acids is 2. The van der Waals surface area contributed by atoms with E-state index in [0.29, 0.717) is 22.6 Å². The summed E-state index contributed by atoms with van der Waals surface area (Å²) in [6.45, 7) is 0. The second-order valence-electron chi connectivity index (χ2n) is 6.65. The summed E-state index contributed by atoms with van der Waals surface area (Å²) in [4.78, 5) is 25.5. The molecule has 3 rings (SSSR count). The number of methoxy groups -OCH3 is 1. The third-order valence-corrected chi connectivity index (χ3v) is 5.26. The highest BCUT2D eigenvalue weighted by Gasteiger charge is 2.20. The fourth-order valence-corrected chi connectivity index (χ4v) is 3.71. The van der Waals surface area contributed by atoms with Gasteiger partial charge in [-0.1, -0.05) is 47.3 Å². The molecule has 0 heterocycles. The quantitative estimate of drug-likeness (QED) is 0.717. The van der Waals surface area contributed by atoms with Crippen LogP contribution in [0.15, 0.2) is 46.9 Å². The zero-order chi connectivity index (χ0) is 19.2. The predicted octanol–water partition coefficient (Wildman–Crippen LogP) is 4.77. The third-order valence-electron chi connectivity index (χ3n) is 4.77. The van der Waals surface area contributed by atoms with Gasteiger partial charge in [0, 0.05) is 10.5 Å². The van der Waals surface area contributed by atoms with Gasteiger partial charge in [-0.2, -0.15) is 0 Å². The van der Waals surface area contributed by atoms with E-state index < -0.39 is 0 Å². The van der Waals surface area contributed by atoms with E-state index in [1.165, 1.54) is 13.5 Å². The average Bonchev–Trinajstić information content (AvgIpc) is 2.69. The summed E-state index contributed by atoms with van der Waals surface area (Å²) < 4.78 is 6.05. The van der Waals surface area contributed by atoms with Crippen molar-refractivity contribution in [3.8, 4) is 5.75 Å². The lowest BCUT2D eigenvalue weighted by atomic mass is 9.95. The predicted molar refractivity (Wildman–Crippen MR) is 109 cm³/mol. The third kappa shape index (κ3) is 4.89. The molecule has 1 aliphatic carbocycles. The van der Waals surface area contributed by atoms with Gasteiger partial charge in [0.05, 0.1) is 23.9 Å². The second-order valence-corrected chi connectivity index (χ2v) is 7.57. The maximum Gasteiger partial charge on any atom is 0.259 e. The molecule has 5 nitrogen and oxygen atoms in total. The molecule has 0 spiro atoms. The van der Waals surface area contributed by atoms with Crippen LogP contribution in [0.1, 0.15) is 52.8 Å². The van der Waals surface area contributed by atoms with Crippen molar-refractivity contribution in [2.24, 2.45) is 0 Å². The van der Waals surface area contributed by atoms with Crippen LogP contribution in [0.4, 0.5) is 5.69 Å². The molecule has 2 N–H and O–H groups in total. The van der Waals surface area contributed by atoms with Crippen LogP contribution in [0.2, 0.25) is 0 Å². The van der Waals surface area contributed by atoms with Gasteiger partial charge in [0.1, 0.15) is 5.75 Å². The Labute approximate surface area is 167 Å². The first-order chi connectivity index (χ1) is 13.1. The van der Waals surface area contributed by atoms with E-state index in [9.17, 15) is 9.59 Å². The Hall–Kier alpha value is -2.34. The zero-order valence-electron chi connectivity index (χ0n) is 15.3. The summed E-state index contributed by atoms with van der Waals surface area (Å²) in [6.07, 6.45) is 5.54. The summed E-state index contributed by atoms with van der Waals surface area (Å²) in [7, 11) is 1.52. The number of amides is 2. The highest BCUT2D eigenvalue weighted by atomic mass is 79.9. The zero-order valence-corrected chi connectivity index (χ0v) is 16.8. The van der Waals surface area contributed by atoms with E-state index >= 15 is 0 Å². The molecule has 2 aromatic carbocycles. The van der Waals surface area contributed by atoms with E-state index in [1.807, 2.05) is 0 Å². The van der Waals surface area contributed by atoms with Gasteiger partial charge in [0.25, 0.3) is 11.8 Å². The van der Waals surface area contributed by atoms with Crippen molar-refractivity contribution in [1.29, 1.82) is 0 Å². The lowest BCUT2D eigenvalue weighted by Crippen LogP contribution is -2.36. The molecule has 2 aromatic rings. The molecule has 0 radical (unpaired) electrons. The number of hydrogen-bond acceptors (Lipinski definition) is 3. The Kier molecular flexibility index (Phi) is 6.50. The minimum atomic E-state index is -0.328. The molecular weight excluding hydrogens is 408 g/mol. The highest BCUT2D eigenvalue weighted by Crippen LogP contribution is 2.25. The van der Waals surface area contributed by atoms with Gasteiger partial charge in [0.15, 0.2) is 0 Å². The van der Waals surface area contributed by atoms with E-state index in [0.717, 1.165) is 30.2 Å². The van der Waals surface area contributed by atoms with E-state index in [2.05, 4.69) is 26.6 Å². The van der Waals surface area contributed by atoms with Crippen molar-refractivity contribution in [2.75, 3.05) is 12.4 Å². The SMILES string of the molecule is COc1ccc(Br)cc1C(=O)Nc1ccccc1C(=O)NC1CCCCC1. The van der Waals surface area contributed by atoms with Gasteiger partial charge in [-0.3, -0.25) is 9.59 Å². The molecule has 0 atom stereocenters. The summed E-state index contributed by atoms with van der Waals surface area (Å²) in [5.41, 5.74) is 1.34. The maximum absolute atomic E-state index is 12.8. The smallest absolute Gasteiger partial charge is 0.259 e. The fourth-order valence-electron chi connectivity index (χ4n) is 3.35. The first kappa shape index (κ1) is 19.4. The minimum absolute atomic E-state index is 0.154. The number of rotatable bonds is 5. The Balaban J connectivity index is 1.78. The average molecular weight is 431 g/mol. The van der Waals surface area contributed by atoms with Gasteiger partial charge in [0.2, 0.25) is 0 Å². The first-order valence-corrected chi connectivity index (χ1v) is 9.92. The molecule has 0 unspecified atom stereocenters. The molecular formula is C21H23BrN2O3. The van der Waals surface area contributed by atoms with Gasteiger partial charge in [-0.05, 0) is 43.2 Å². The van der Waals surface area contributed by atoms with Crippen LogP contribution < -0.4 is 15.4 Å². The van der Waals surface area contributed by atoms with E-state index in [1.54, 1.807) is 42.5 Å². The molecule has 0 bridgehead atoms. The van der Waals surface area contributed by atoms with Gasteiger partial charge in [-0.25, -0.2) is 0 Å². The summed E-state index contributed by atoms with van der Waals surface area (Å²) in [5, 5.41) is 5.94. The molecule has 142 valence electrons. The second kappa shape index (κ2) is 9.04. The molecule has 0 saturated heterocycles. The van der Waals surface area contributed by atoms with Gasteiger partial charge >= 0.3 is 0 Å².